The Hall–Kier alpha value is -2.23. The van der Waals surface area contributed by atoms with Crippen LogP contribution in [-0.4, -0.2) is 18.3 Å². The topological polar surface area (TPSA) is 32.7 Å². The Bertz CT molecular complexity index is 644. The molecule has 0 aromatic heterocycles. The Morgan fingerprint density at radius 3 is 2.86 bits per heavy atom. The van der Waals surface area contributed by atoms with Crippen molar-refractivity contribution in [2.75, 3.05) is 18.1 Å². The standard InChI is InChI=1S/C17H18FNO2/c1-12(14-8-7-13(18)11-16(14)20)19-9-4-10-21-17-6-3-2-5-15(17)19/h2-3,5-8,11-12,20H,4,9-10H2,1H3. The van der Waals surface area contributed by atoms with Crippen LogP contribution in [0.5, 0.6) is 11.5 Å². The SMILES string of the molecule is CC(c1ccc(F)cc1O)N1CCCOc2ccccc21. The first-order valence-corrected chi connectivity index (χ1v) is 7.13. The van der Waals surface area contributed by atoms with Crippen LogP contribution in [0.3, 0.4) is 0 Å². The number of nitrogens with zero attached hydrogens (tertiary/aromatic N) is 1. The minimum Gasteiger partial charge on any atom is -0.507 e. The summed E-state index contributed by atoms with van der Waals surface area (Å²) in [5.41, 5.74) is 1.72. The Kier molecular flexibility index (Phi) is 3.69. The number of halogens is 1. The van der Waals surface area contributed by atoms with Gasteiger partial charge in [-0.25, -0.2) is 4.39 Å². The first-order chi connectivity index (χ1) is 10.2. The fourth-order valence-electron chi connectivity index (χ4n) is 2.79. The predicted molar refractivity (Wildman–Crippen MR) is 80.4 cm³/mol. The first-order valence-electron chi connectivity index (χ1n) is 7.13. The van der Waals surface area contributed by atoms with E-state index in [1.807, 2.05) is 31.2 Å². The van der Waals surface area contributed by atoms with Crippen molar-refractivity contribution in [2.45, 2.75) is 19.4 Å². The number of fused-ring (bicyclic) bond motifs is 1. The van der Waals surface area contributed by atoms with E-state index in [0.29, 0.717) is 12.2 Å². The molecule has 1 atom stereocenters. The zero-order chi connectivity index (χ0) is 14.8. The summed E-state index contributed by atoms with van der Waals surface area (Å²) in [4.78, 5) is 2.19. The Morgan fingerprint density at radius 1 is 1.24 bits per heavy atom. The van der Waals surface area contributed by atoms with Crippen molar-refractivity contribution >= 4 is 5.69 Å². The molecular weight excluding hydrogens is 269 g/mol. The molecule has 1 aliphatic heterocycles. The third-order valence-corrected chi connectivity index (χ3v) is 3.89. The molecule has 4 heteroatoms. The molecule has 0 bridgehead atoms. The van der Waals surface area contributed by atoms with Crippen LogP contribution in [0.25, 0.3) is 0 Å². The summed E-state index contributed by atoms with van der Waals surface area (Å²) in [6.45, 7) is 3.51. The van der Waals surface area contributed by atoms with Crippen molar-refractivity contribution in [3.05, 3.63) is 53.8 Å². The highest BCUT2D eigenvalue weighted by Gasteiger charge is 2.23. The summed E-state index contributed by atoms with van der Waals surface area (Å²) in [7, 11) is 0. The second-order valence-corrected chi connectivity index (χ2v) is 5.24. The van der Waals surface area contributed by atoms with Crippen LogP contribution in [0.2, 0.25) is 0 Å². The molecule has 1 unspecified atom stereocenters. The molecule has 0 fully saturated rings. The number of ether oxygens (including phenoxy) is 1. The highest BCUT2D eigenvalue weighted by molar-refractivity contribution is 5.60. The summed E-state index contributed by atoms with van der Waals surface area (Å²) in [6, 6.07) is 12.0. The smallest absolute Gasteiger partial charge is 0.142 e. The molecule has 0 aliphatic carbocycles. The number of phenolic OH excluding ortho intramolecular Hbond substituents is 1. The molecule has 1 N–H and O–H groups in total. The molecule has 1 aliphatic rings. The van der Waals surface area contributed by atoms with Crippen molar-refractivity contribution in [1.29, 1.82) is 0 Å². The quantitative estimate of drug-likeness (QED) is 0.909. The van der Waals surface area contributed by atoms with E-state index in [4.69, 9.17) is 4.74 Å². The molecule has 2 aromatic carbocycles. The number of benzene rings is 2. The minimum absolute atomic E-state index is 0.00912. The van der Waals surface area contributed by atoms with E-state index in [1.165, 1.54) is 6.07 Å². The van der Waals surface area contributed by atoms with E-state index in [-0.39, 0.29) is 11.8 Å². The maximum Gasteiger partial charge on any atom is 0.142 e. The summed E-state index contributed by atoms with van der Waals surface area (Å²) in [5.74, 6) is 0.414. The third-order valence-electron chi connectivity index (χ3n) is 3.89. The molecule has 0 radical (unpaired) electrons. The van der Waals surface area contributed by atoms with Crippen LogP contribution < -0.4 is 9.64 Å². The van der Waals surface area contributed by atoms with Crippen LogP contribution in [0.4, 0.5) is 10.1 Å². The van der Waals surface area contributed by atoms with Crippen LogP contribution in [0, 0.1) is 5.82 Å². The van der Waals surface area contributed by atoms with Crippen LogP contribution >= 0.6 is 0 Å². The van der Waals surface area contributed by atoms with Crippen molar-refractivity contribution in [1.82, 2.24) is 0 Å². The second kappa shape index (κ2) is 5.64. The van der Waals surface area contributed by atoms with Crippen molar-refractivity contribution < 1.29 is 14.2 Å². The van der Waals surface area contributed by atoms with Crippen LogP contribution in [0.15, 0.2) is 42.5 Å². The number of hydrogen-bond acceptors (Lipinski definition) is 3. The predicted octanol–water partition coefficient (Wildman–Crippen LogP) is 3.88. The van der Waals surface area contributed by atoms with Gasteiger partial charge >= 0.3 is 0 Å². The maximum atomic E-state index is 13.2. The Morgan fingerprint density at radius 2 is 2.05 bits per heavy atom. The van der Waals surface area contributed by atoms with E-state index in [1.54, 1.807) is 6.07 Å². The van der Waals surface area contributed by atoms with E-state index in [9.17, 15) is 9.50 Å². The average molecular weight is 287 g/mol. The van der Waals surface area contributed by atoms with Gasteiger partial charge in [-0.1, -0.05) is 18.2 Å². The van der Waals surface area contributed by atoms with Gasteiger partial charge in [0.1, 0.15) is 17.3 Å². The molecule has 110 valence electrons. The number of para-hydroxylation sites is 2. The Balaban J connectivity index is 1.99. The monoisotopic (exact) mass is 287 g/mol. The Labute approximate surface area is 123 Å². The highest BCUT2D eigenvalue weighted by Crippen LogP contribution is 2.38. The third kappa shape index (κ3) is 2.66. The average Bonchev–Trinajstić information content (AvgIpc) is 2.69. The number of hydrogen-bond donors (Lipinski definition) is 1. The van der Waals surface area contributed by atoms with E-state index >= 15 is 0 Å². The van der Waals surface area contributed by atoms with E-state index < -0.39 is 5.82 Å². The van der Waals surface area contributed by atoms with E-state index in [2.05, 4.69) is 4.90 Å². The molecule has 21 heavy (non-hydrogen) atoms. The number of aromatic hydroxyl groups is 1. The maximum absolute atomic E-state index is 13.2. The zero-order valence-electron chi connectivity index (χ0n) is 11.9. The number of phenols is 1. The van der Waals surface area contributed by atoms with Gasteiger partial charge in [0.15, 0.2) is 0 Å². The van der Waals surface area contributed by atoms with Gasteiger partial charge in [-0.2, -0.15) is 0 Å². The van der Waals surface area contributed by atoms with Crippen LogP contribution in [0.1, 0.15) is 24.9 Å². The van der Waals surface area contributed by atoms with Gasteiger partial charge in [0.2, 0.25) is 0 Å². The molecular formula is C17H18FNO2. The minimum atomic E-state index is -0.428. The lowest BCUT2D eigenvalue weighted by molar-refractivity contribution is 0.322. The van der Waals surface area contributed by atoms with Crippen LogP contribution in [-0.2, 0) is 0 Å². The van der Waals surface area contributed by atoms with Crippen molar-refractivity contribution in [2.24, 2.45) is 0 Å². The lowest BCUT2D eigenvalue weighted by atomic mass is 10.0. The molecule has 2 aromatic rings. The lowest BCUT2D eigenvalue weighted by Gasteiger charge is -2.31. The van der Waals surface area contributed by atoms with Gasteiger partial charge in [0.25, 0.3) is 0 Å². The molecule has 3 nitrogen and oxygen atoms in total. The fourth-order valence-corrected chi connectivity index (χ4v) is 2.79. The van der Waals surface area contributed by atoms with Gasteiger partial charge < -0.3 is 14.7 Å². The molecule has 0 saturated heterocycles. The lowest BCUT2D eigenvalue weighted by Crippen LogP contribution is -2.27. The van der Waals surface area contributed by atoms with Gasteiger partial charge in [-0.05, 0) is 31.5 Å². The van der Waals surface area contributed by atoms with Gasteiger partial charge in [-0.15, -0.1) is 0 Å². The second-order valence-electron chi connectivity index (χ2n) is 5.24. The molecule has 3 rings (SSSR count). The number of rotatable bonds is 2. The van der Waals surface area contributed by atoms with Crippen molar-refractivity contribution in [3.63, 3.8) is 0 Å². The number of anilines is 1. The van der Waals surface area contributed by atoms with Gasteiger partial charge in [0.05, 0.1) is 18.3 Å². The van der Waals surface area contributed by atoms with Gasteiger partial charge in [0, 0.05) is 18.2 Å². The summed E-state index contributed by atoms with van der Waals surface area (Å²) >= 11 is 0. The largest absolute Gasteiger partial charge is 0.507 e. The first kappa shape index (κ1) is 13.7. The summed E-state index contributed by atoms with van der Waals surface area (Å²) < 4.78 is 18.9. The van der Waals surface area contributed by atoms with Gasteiger partial charge in [-0.3, -0.25) is 0 Å². The molecule has 0 spiro atoms. The normalized spacial score (nSPS) is 15.8. The molecule has 0 saturated carbocycles. The molecule has 1 heterocycles. The zero-order valence-corrected chi connectivity index (χ0v) is 11.9. The highest BCUT2D eigenvalue weighted by atomic mass is 19.1. The summed E-state index contributed by atoms with van der Waals surface area (Å²) in [5, 5.41) is 10.0. The van der Waals surface area contributed by atoms with Crippen molar-refractivity contribution in [3.8, 4) is 11.5 Å². The fraction of sp³-hybridized carbons (Fsp3) is 0.294. The van der Waals surface area contributed by atoms with E-state index in [0.717, 1.165) is 30.5 Å². The molecule has 0 amide bonds. The summed E-state index contributed by atoms with van der Waals surface area (Å²) in [6.07, 6.45) is 0.904.